The molecule has 2 aliphatic rings. The summed E-state index contributed by atoms with van der Waals surface area (Å²) in [4.78, 5) is 155. The molecule has 4 heterocycles. The Bertz CT molecular complexity index is 3050. The normalized spacial score (nSPS) is 17.1. The number of hydrogen-bond acceptors (Lipinski definition) is 14. The molecule has 6 rings (SSSR count). The van der Waals surface area contributed by atoms with Crippen molar-refractivity contribution >= 4 is 75.9 Å². The highest BCUT2D eigenvalue weighted by atomic mass is 16.3. The number of phenols is 1. The lowest BCUT2D eigenvalue weighted by atomic mass is 9.98. The second-order valence-electron chi connectivity index (χ2n) is 22.8. The number of likely N-dealkylation sites (N-methyl/N-ethyl adjacent to an activating group) is 1. The van der Waals surface area contributed by atoms with Crippen LogP contribution in [0.5, 0.6) is 5.75 Å². The maximum absolute atomic E-state index is 14.7. The maximum Gasteiger partial charge on any atom is 0.245 e. The van der Waals surface area contributed by atoms with Crippen molar-refractivity contribution in [1.29, 1.82) is 0 Å². The third kappa shape index (κ3) is 20.0. The van der Waals surface area contributed by atoms with Crippen LogP contribution in [-0.4, -0.2) is 176 Å². The highest BCUT2D eigenvalue weighted by Gasteiger charge is 2.40. The molecule has 2 aliphatic heterocycles. The lowest BCUT2D eigenvalue weighted by Gasteiger charge is -2.31. The minimum atomic E-state index is -1.75. The number of likely N-dealkylation sites (tertiary alicyclic amines) is 1. The molecular weight excluding hydrogens is 1120 g/mol. The number of rotatable bonds is 32. The quantitative estimate of drug-likeness (QED) is 0.0151. The van der Waals surface area contributed by atoms with E-state index in [0.717, 1.165) is 5.52 Å². The SMILES string of the molecule is CCNC(=O)[C@@H]1CCCN1C(=O)[C@H](CCCN=C(N)N)NC(=O)[C@H](CC(C)C)NC(=O)[C@H](CC(C)C)NC(=O)[C@H](Cc1ccc(O)cc1)NC(=O)[C@H](CO)NC(=O)[C@H](Cc1c[nH]c2ccccc12)NC(=O)[C@H](Cc1cnc[nH]1)NC(=O)[C@H]1CCC(=O)N1. The number of aliphatic imine (C=N–C) groups is 1. The predicted octanol–water partition coefficient (Wildman–Crippen LogP) is -1.44. The van der Waals surface area contributed by atoms with E-state index in [0.29, 0.717) is 41.6 Å². The Labute approximate surface area is 504 Å². The maximum atomic E-state index is 14.7. The molecule has 0 aliphatic carbocycles. The zero-order valence-corrected chi connectivity index (χ0v) is 49.8. The number of nitrogens with zero attached hydrogens (tertiary/aromatic N) is 3. The summed E-state index contributed by atoms with van der Waals surface area (Å²) >= 11 is 0. The fraction of sp³-hybridized carbons (Fsp3) is 0.525. The van der Waals surface area contributed by atoms with Gasteiger partial charge in [0.05, 0.1) is 12.9 Å². The van der Waals surface area contributed by atoms with Crippen molar-refractivity contribution in [3.05, 3.63) is 84.1 Å². The summed E-state index contributed by atoms with van der Waals surface area (Å²) in [6, 6.07) is 1.58. The molecule has 0 unspecified atom stereocenters. The molecule has 87 heavy (non-hydrogen) atoms. The smallest absolute Gasteiger partial charge is 0.245 e. The van der Waals surface area contributed by atoms with Gasteiger partial charge < -0.3 is 84.4 Å². The summed E-state index contributed by atoms with van der Waals surface area (Å²) in [6.07, 6.45) is 5.80. The number of carbonyl (C=O) groups is 10. The van der Waals surface area contributed by atoms with Crippen LogP contribution < -0.4 is 59.3 Å². The van der Waals surface area contributed by atoms with Crippen LogP contribution in [0.25, 0.3) is 10.9 Å². The summed E-state index contributed by atoms with van der Waals surface area (Å²) in [5.41, 5.74) is 13.3. The van der Waals surface area contributed by atoms with Gasteiger partial charge in [-0.2, -0.15) is 0 Å². The summed E-state index contributed by atoms with van der Waals surface area (Å²) in [6.45, 7) is 8.82. The predicted molar refractivity (Wildman–Crippen MR) is 320 cm³/mol. The first-order valence-corrected chi connectivity index (χ1v) is 29.5. The van der Waals surface area contributed by atoms with Gasteiger partial charge in [0.25, 0.3) is 0 Å². The van der Waals surface area contributed by atoms with Crippen LogP contribution in [0.1, 0.15) is 103 Å². The van der Waals surface area contributed by atoms with Gasteiger partial charge in [-0.1, -0.05) is 58.0 Å². The molecule has 28 nitrogen and oxygen atoms in total. The van der Waals surface area contributed by atoms with Crippen LogP contribution in [0, 0.1) is 11.8 Å². The number of hydrogen-bond donors (Lipinski definition) is 15. The Balaban J connectivity index is 1.22. The number of aromatic nitrogens is 3. The van der Waals surface area contributed by atoms with Crippen LogP contribution in [0.3, 0.4) is 0 Å². The molecule has 2 aromatic carbocycles. The second kappa shape index (κ2) is 32.4. The van der Waals surface area contributed by atoms with E-state index in [1.54, 1.807) is 45.2 Å². The first-order chi connectivity index (χ1) is 41.5. The van der Waals surface area contributed by atoms with E-state index in [1.165, 1.54) is 41.7 Å². The summed E-state index contributed by atoms with van der Waals surface area (Å²) in [5.74, 6) is -7.55. The number of aromatic amines is 2. The summed E-state index contributed by atoms with van der Waals surface area (Å²) in [5, 5.41) is 45.9. The number of aromatic hydroxyl groups is 1. The van der Waals surface area contributed by atoms with E-state index in [1.807, 2.05) is 19.9 Å². The molecule has 2 aromatic heterocycles. The number of para-hydroxylation sites is 1. The molecular formula is C59H84N16O12. The van der Waals surface area contributed by atoms with Gasteiger partial charge in [0.15, 0.2) is 5.96 Å². The van der Waals surface area contributed by atoms with Gasteiger partial charge in [-0.15, -0.1) is 0 Å². The number of H-pyrrole nitrogens is 2. The number of carbonyl (C=O) groups excluding carboxylic acids is 10. The van der Waals surface area contributed by atoms with Gasteiger partial charge in [0.2, 0.25) is 59.1 Å². The molecule has 2 fully saturated rings. The van der Waals surface area contributed by atoms with Gasteiger partial charge in [0, 0.05) is 74.3 Å². The van der Waals surface area contributed by atoms with Gasteiger partial charge in [-0.05, 0) is 93.0 Å². The Hall–Kier alpha value is -9.08. The number of phenolic OH excluding ortho intramolecular Hbond substituents is 1. The molecule has 4 aromatic rings. The third-order valence-electron chi connectivity index (χ3n) is 14.9. The minimum Gasteiger partial charge on any atom is -0.508 e. The van der Waals surface area contributed by atoms with Gasteiger partial charge in [-0.25, -0.2) is 4.98 Å². The fourth-order valence-electron chi connectivity index (χ4n) is 10.5. The number of benzene rings is 2. The Kier molecular flexibility index (Phi) is 25.0. The van der Waals surface area contributed by atoms with Crippen molar-refractivity contribution in [1.82, 2.24) is 67.7 Å². The fourth-order valence-corrected chi connectivity index (χ4v) is 10.5. The number of guanidine groups is 1. The first kappa shape index (κ1) is 67.1. The highest BCUT2D eigenvalue weighted by molar-refractivity contribution is 5.99. The van der Waals surface area contributed by atoms with Crippen LogP contribution in [0.2, 0.25) is 0 Å². The average Bonchev–Trinajstić information content (AvgIpc) is 2.39. The van der Waals surface area contributed by atoms with Crippen molar-refractivity contribution < 1.29 is 58.2 Å². The number of amides is 10. The second-order valence-corrected chi connectivity index (χ2v) is 22.8. The van der Waals surface area contributed by atoms with Crippen LogP contribution in [0.15, 0.2) is 72.2 Å². The Morgan fingerprint density at radius 1 is 0.701 bits per heavy atom. The first-order valence-electron chi connectivity index (χ1n) is 29.5. The molecule has 0 spiro atoms. The number of nitrogens with one attached hydrogen (secondary N) is 11. The topological polar surface area (TPSA) is 432 Å². The van der Waals surface area contributed by atoms with E-state index in [9.17, 15) is 58.2 Å². The summed E-state index contributed by atoms with van der Waals surface area (Å²) < 4.78 is 0. The highest BCUT2D eigenvalue weighted by Crippen LogP contribution is 2.22. The van der Waals surface area contributed by atoms with Crippen LogP contribution in [0.4, 0.5) is 0 Å². The molecule has 0 saturated carbocycles. The standard InChI is InChI=1S/C59H84N16O12/c1-6-63-57(86)48-14-10-22-75(48)58(87)41(13-9-21-64-59(60)61)68-51(80)42(23-32(2)3)69-52(81)43(24-33(4)5)70-53(82)44(25-34-15-17-37(77)18-16-34)71-56(85)47(30-76)74-54(83)45(26-35-28-65-39-12-8-7-11-38(35)39)72-55(84)46(27-36-29-62-31-66-36)73-50(79)40-19-20-49(78)67-40/h7-8,11-12,15-18,28-29,31-33,40-48,65,76-77H,6,9-10,13-14,19-27,30H2,1-5H3,(H,62,66)(H,63,86)(H,67,78)(H,68,80)(H,69,81)(H,70,82)(H,71,85)(H,72,84)(H,73,79)(H,74,83)(H4,60,61,64)/t40-,41+,42+,43+,44+,45+,46+,47+,48+/m1/s1. The van der Waals surface area contributed by atoms with Crippen molar-refractivity contribution in [2.24, 2.45) is 28.3 Å². The van der Waals surface area contributed by atoms with Crippen molar-refractivity contribution in [3.63, 3.8) is 0 Å². The van der Waals surface area contributed by atoms with Crippen molar-refractivity contribution in [2.45, 2.75) is 160 Å². The molecule has 0 radical (unpaired) electrons. The number of aliphatic hydroxyl groups is 1. The van der Waals surface area contributed by atoms with Gasteiger partial charge >= 0.3 is 0 Å². The monoisotopic (exact) mass is 1210 g/mol. The number of aliphatic hydroxyl groups excluding tert-OH is 1. The van der Waals surface area contributed by atoms with E-state index in [-0.39, 0.29) is 106 Å². The largest absolute Gasteiger partial charge is 0.508 e. The molecule has 0 bridgehead atoms. The lowest BCUT2D eigenvalue weighted by Crippen LogP contribution is -2.61. The van der Waals surface area contributed by atoms with Crippen LogP contribution >= 0.6 is 0 Å². The zero-order chi connectivity index (χ0) is 63.3. The minimum absolute atomic E-state index is 0.0397. The molecule has 28 heteroatoms. The van der Waals surface area contributed by atoms with E-state index in [2.05, 4.69) is 67.8 Å². The number of nitrogens with two attached hydrogens (primary N) is 2. The van der Waals surface area contributed by atoms with Gasteiger partial charge in [0.1, 0.15) is 60.1 Å². The van der Waals surface area contributed by atoms with E-state index < -0.39 is 108 Å². The zero-order valence-electron chi connectivity index (χ0n) is 49.8. The van der Waals surface area contributed by atoms with Crippen molar-refractivity contribution in [2.75, 3.05) is 26.2 Å². The molecule has 9 atom stereocenters. The van der Waals surface area contributed by atoms with Crippen LogP contribution in [-0.2, 0) is 67.2 Å². The van der Waals surface area contributed by atoms with Crippen molar-refractivity contribution in [3.8, 4) is 5.75 Å². The number of imidazole rings is 1. The van der Waals surface area contributed by atoms with Gasteiger partial charge in [-0.3, -0.25) is 52.9 Å². The Morgan fingerprint density at radius 2 is 1.28 bits per heavy atom. The Morgan fingerprint density at radius 3 is 1.85 bits per heavy atom. The average molecular weight is 1210 g/mol. The molecule has 472 valence electrons. The molecule has 17 N–H and O–H groups in total. The lowest BCUT2D eigenvalue weighted by molar-refractivity contribution is -0.142. The summed E-state index contributed by atoms with van der Waals surface area (Å²) in [7, 11) is 0. The third-order valence-corrected chi connectivity index (χ3v) is 14.9. The molecule has 10 amide bonds. The molecule has 2 saturated heterocycles. The van der Waals surface area contributed by atoms with E-state index >= 15 is 0 Å². The van der Waals surface area contributed by atoms with E-state index in [4.69, 9.17) is 11.5 Å². The number of fused-ring (bicyclic) bond motifs is 1.